The number of hydrogen-bond donors (Lipinski definition) is 1. The smallest absolute Gasteiger partial charge is 0.146 e. The Morgan fingerprint density at radius 1 is 1.21 bits per heavy atom. The molecule has 0 fully saturated rings. The van der Waals surface area contributed by atoms with E-state index in [1.807, 2.05) is 29.2 Å². The predicted octanol–water partition coefficient (Wildman–Crippen LogP) is 3.50. The van der Waals surface area contributed by atoms with Crippen LogP contribution in [0.3, 0.4) is 0 Å². The number of hydrogen-bond acceptors (Lipinski definition) is 2. The Hall–Kier alpha value is -1.58. The van der Waals surface area contributed by atoms with E-state index in [0.29, 0.717) is 18.8 Å². The van der Waals surface area contributed by atoms with Crippen molar-refractivity contribution in [2.75, 3.05) is 11.4 Å². The third-order valence-electron chi connectivity index (χ3n) is 3.60. The van der Waals surface area contributed by atoms with Crippen LogP contribution in [0.5, 0.6) is 0 Å². The largest absolute Gasteiger partial charge is 0.356 e. The lowest BCUT2D eigenvalue weighted by molar-refractivity contribution is 0.600. The first kappa shape index (κ1) is 12.5. The van der Waals surface area contributed by atoms with Crippen molar-refractivity contribution < 1.29 is 4.39 Å². The minimum Gasteiger partial charge on any atom is -0.356 e. The third-order valence-corrected chi connectivity index (χ3v) is 3.96. The molecule has 98 valence electrons. The molecule has 0 aromatic heterocycles. The first-order valence-electron chi connectivity index (χ1n) is 6.21. The second-order valence-corrected chi connectivity index (χ2v) is 5.05. The molecule has 1 aliphatic heterocycles. The van der Waals surface area contributed by atoms with Crippen molar-refractivity contribution in [3.05, 3.63) is 64.4 Å². The Morgan fingerprint density at radius 2 is 2.00 bits per heavy atom. The maximum Gasteiger partial charge on any atom is 0.146 e. The van der Waals surface area contributed by atoms with Gasteiger partial charge < -0.3 is 10.6 Å². The molecule has 0 spiro atoms. The van der Waals surface area contributed by atoms with E-state index in [1.165, 1.54) is 6.07 Å². The highest BCUT2D eigenvalue weighted by Crippen LogP contribution is 2.40. The normalized spacial score (nSPS) is 17.6. The number of rotatable bonds is 2. The van der Waals surface area contributed by atoms with Gasteiger partial charge in [-0.05, 0) is 29.3 Å². The summed E-state index contributed by atoms with van der Waals surface area (Å²) >= 11 is 6.22. The molecule has 4 heteroatoms. The van der Waals surface area contributed by atoms with Gasteiger partial charge in [-0.25, -0.2) is 4.39 Å². The Kier molecular flexibility index (Phi) is 3.17. The molecule has 1 aliphatic rings. The molecular formula is C15H14ClFN2. The summed E-state index contributed by atoms with van der Waals surface area (Å²) in [7, 11) is 0. The number of para-hydroxylation sites is 1. The Balaban J connectivity index is 2.07. The van der Waals surface area contributed by atoms with E-state index in [2.05, 4.69) is 0 Å². The number of anilines is 1. The molecule has 3 rings (SSSR count). The topological polar surface area (TPSA) is 29.3 Å². The van der Waals surface area contributed by atoms with Crippen LogP contribution in [0.2, 0.25) is 5.02 Å². The molecule has 2 N–H and O–H groups in total. The summed E-state index contributed by atoms with van der Waals surface area (Å²) in [5, 5.41) is 0.717. The van der Waals surface area contributed by atoms with Gasteiger partial charge in [0, 0.05) is 18.1 Å². The number of nitrogens with two attached hydrogens (primary N) is 1. The van der Waals surface area contributed by atoms with Gasteiger partial charge in [-0.3, -0.25) is 0 Å². The molecular weight excluding hydrogens is 263 g/mol. The first-order valence-corrected chi connectivity index (χ1v) is 6.58. The van der Waals surface area contributed by atoms with Crippen LogP contribution in [0.15, 0.2) is 42.5 Å². The van der Waals surface area contributed by atoms with E-state index < -0.39 is 0 Å². The zero-order valence-electron chi connectivity index (χ0n) is 10.3. The van der Waals surface area contributed by atoms with Gasteiger partial charge in [-0.15, -0.1) is 0 Å². The van der Waals surface area contributed by atoms with E-state index in [0.717, 1.165) is 16.1 Å². The molecule has 1 unspecified atom stereocenters. The van der Waals surface area contributed by atoms with Gasteiger partial charge in [0.05, 0.1) is 11.7 Å². The van der Waals surface area contributed by atoms with Gasteiger partial charge in [-0.1, -0.05) is 35.9 Å². The molecule has 0 saturated carbocycles. The fourth-order valence-corrected chi connectivity index (χ4v) is 2.94. The van der Waals surface area contributed by atoms with Crippen LogP contribution < -0.4 is 10.6 Å². The quantitative estimate of drug-likeness (QED) is 0.910. The fraction of sp³-hybridized carbons (Fsp3) is 0.200. The predicted molar refractivity (Wildman–Crippen MR) is 75.8 cm³/mol. The second-order valence-electron chi connectivity index (χ2n) is 4.64. The van der Waals surface area contributed by atoms with Crippen LogP contribution in [0.1, 0.15) is 17.2 Å². The zero-order valence-corrected chi connectivity index (χ0v) is 11.1. The van der Waals surface area contributed by atoms with E-state index in [-0.39, 0.29) is 11.9 Å². The number of benzene rings is 2. The maximum absolute atomic E-state index is 14.0. The Morgan fingerprint density at radius 3 is 2.74 bits per heavy atom. The minimum atomic E-state index is -0.232. The molecule has 0 aliphatic carbocycles. The van der Waals surface area contributed by atoms with Crippen LogP contribution in [0, 0.1) is 5.82 Å². The van der Waals surface area contributed by atoms with Gasteiger partial charge in [0.1, 0.15) is 5.82 Å². The van der Waals surface area contributed by atoms with Crippen molar-refractivity contribution in [2.45, 2.75) is 12.6 Å². The molecule has 2 nitrogen and oxygen atoms in total. The Labute approximate surface area is 116 Å². The fourth-order valence-electron chi connectivity index (χ4n) is 2.69. The maximum atomic E-state index is 14.0. The highest BCUT2D eigenvalue weighted by molar-refractivity contribution is 6.31. The van der Waals surface area contributed by atoms with Crippen molar-refractivity contribution in [2.24, 2.45) is 5.73 Å². The van der Waals surface area contributed by atoms with E-state index >= 15 is 0 Å². The summed E-state index contributed by atoms with van der Waals surface area (Å²) in [6.45, 7) is 1.03. The summed E-state index contributed by atoms with van der Waals surface area (Å²) in [6.07, 6.45) is 0. The summed E-state index contributed by atoms with van der Waals surface area (Å²) in [5.74, 6) is -0.232. The molecule has 19 heavy (non-hydrogen) atoms. The lowest BCUT2D eigenvalue weighted by Crippen LogP contribution is -2.28. The Bertz CT molecular complexity index is 615. The SMILES string of the molecule is NCC1c2cccc(Cl)c2CN1c1ccccc1F. The molecule has 2 aromatic carbocycles. The zero-order chi connectivity index (χ0) is 13.4. The summed E-state index contributed by atoms with van der Waals surface area (Å²) in [5.41, 5.74) is 8.58. The van der Waals surface area contributed by atoms with Crippen molar-refractivity contribution >= 4 is 17.3 Å². The van der Waals surface area contributed by atoms with Crippen molar-refractivity contribution in [1.29, 1.82) is 0 Å². The third kappa shape index (κ3) is 1.99. The molecule has 2 aromatic rings. The molecule has 1 heterocycles. The average Bonchev–Trinajstić information content (AvgIpc) is 2.79. The van der Waals surface area contributed by atoms with Crippen LogP contribution in [-0.2, 0) is 6.54 Å². The summed E-state index contributed by atoms with van der Waals surface area (Å²) in [6, 6.07) is 12.5. The molecule has 0 saturated heterocycles. The number of halogens is 2. The van der Waals surface area contributed by atoms with Crippen LogP contribution in [-0.4, -0.2) is 6.54 Å². The van der Waals surface area contributed by atoms with E-state index in [4.69, 9.17) is 17.3 Å². The summed E-state index contributed by atoms with van der Waals surface area (Å²) < 4.78 is 14.0. The van der Waals surface area contributed by atoms with Crippen LogP contribution in [0.4, 0.5) is 10.1 Å². The van der Waals surface area contributed by atoms with Gasteiger partial charge in [-0.2, -0.15) is 0 Å². The lowest BCUT2D eigenvalue weighted by atomic mass is 10.0. The molecule has 0 amide bonds. The number of nitrogens with zero attached hydrogens (tertiary/aromatic N) is 1. The monoisotopic (exact) mass is 276 g/mol. The average molecular weight is 277 g/mol. The van der Waals surface area contributed by atoms with Crippen LogP contribution in [0.25, 0.3) is 0 Å². The van der Waals surface area contributed by atoms with Crippen molar-refractivity contribution in [3.63, 3.8) is 0 Å². The second kappa shape index (κ2) is 4.83. The highest BCUT2D eigenvalue weighted by atomic mass is 35.5. The lowest BCUT2D eigenvalue weighted by Gasteiger charge is -2.26. The number of fused-ring (bicyclic) bond motifs is 1. The van der Waals surface area contributed by atoms with Crippen molar-refractivity contribution in [3.8, 4) is 0 Å². The molecule has 0 radical (unpaired) electrons. The van der Waals surface area contributed by atoms with E-state index in [9.17, 15) is 4.39 Å². The van der Waals surface area contributed by atoms with Crippen LogP contribution >= 0.6 is 11.6 Å². The summed E-state index contributed by atoms with van der Waals surface area (Å²) in [4.78, 5) is 1.98. The van der Waals surface area contributed by atoms with Gasteiger partial charge in [0.15, 0.2) is 0 Å². The van der Waals surface area contributed by atoms with Gasteiger partial charge >= 0.3 is 0 Å². The van der Waals surface area contributed by atoms with E-state index in [1.54, 1.807) is 12.1 Å². The van der Waals surface area contributed by atoms with Gasteiger partial charge in [0.25, 0.3) is 0 Å². The van der Waals surface area contributed by atoms with Gasteiger partial charge in [0.2, 0.25) is 0 Å². The molecule has 0 bridgehead atoms. The molecule has 1 atom stereocenters. The standard InChI is InChI=1S/C15H14ClFN2/c16-12-5-3-4-10-11(12)9-19(15(10)8-18)14-7-2-1-6-13(14)17/h1-7,15H,8-9,18H2. The highest BCUT2D eigenvalue weighted by Gasteiger charge is 2.31. The van der Waals surface area contributed by atoms with Crippen molar-refractivity contribution in [1.82, 2.24) is 0 Å². The minimum absolute atomic E-state index is 0.0226. The first-order chi connectivity index (χ1) is 9.22.